The molecule has 5 N–H and O–H groups in total. The summed E-state index contributed by atoms with van der Waals surface area (Å²) in [7, 11) is 0. The quantitative estimate of drug-likeness (QED) is 0.480. The molecule has 0 aromatic rings. The second-order valence-electron chi connectivity index (χ2n) is 5.42. The third kappa shape index (κ3) is 6.94. The molecule has 1 saturated heterocycles. The van der Waals surface area contributed by atoms with Gasteiger partial charge in [0, 0.05) is 19.0 Å². The predicted molar refractivity (Wildman–Crippen MR) is 76.7 cm³/mol. The maximum absolute atomic E-state index is 11.8. The number of carboxylic acid groups (broad SMARTS) is 1. The standard InChI is InChI=1S/C13H24N4O4/c1-9(8-17-6-2-3-7-17)15-13(21)16-10(12(19)20)4-5-11(14)18/h9-10H,2-8H2,1H3,(H2,14,18)(H,19,20)(H2,15,16,21)/t9?,10-/m0/s1. The number of carbonyl (C=O) groups is 3. The minimum atomic E-state index is -1.18. The zero-order chi connectivity index (χ0) is 15.8. The SMILES string of the molecule is CC(CN1CCCC1)NC(=O)N[C@@H](CCC(N)=O)C(=O)O. The lowest BCUT2D eigenvalue weighted by atomic mass is 10.1. The Balaban J connectivity index is 2.34. The molecule has 3 amide bonds. The van der Waals surface area contributed by atoms with Gasteiger partial charge in [-0.15, -0.1) is 0 Å². The number of carbonyl (C=O) groups excluding carboxylic acids is 2. The van der Waals surface area contributed by atoms with Gasteiger partial charge in [0.25, 0.3) is 0 Å². The highest BCUT2D eigenvalue weighted by Gasteiger charge is 2.22. The molecule has 1 aliphatic heterocycles. The first-order valence-electron chi connectivity index (χ1n) is 7.19. The van der Waals surface area contributed by atoms with Crippen LogP contribution in [0.5, 0.6) is 0 Å². The summed E-state index contributed by atoms with van der Waals surface area (Å²) < 4.78 is 0. The Morgan fingerprint density at radius 3 is 2.38 bits per heavy atom. The lowest BCUT2D eigenvalue weighted by Gasteiger charge is -2.22. The first-order valence-corrected chi connectivity index (χ1v) is 7.19. The molecule has 1 fully saturated rings. The fourth-order valence-electron chi connectivity index (χ4n) is 2.37. The lowest BCUT2D eigenvalue weighted by molar-refractivity contribution is -0.139. The summed E-state index contributed by atoms with van der Waals surface area (Å²) in [5.74, 6) is -1.77. The monoisotopic (exact) mass is 300 g/mol. The van der Waals surface area contributed by atoms with Gasteiger partial charge in [-0.25, -0.2) is 9.59 Å². The van der Waals surface area contributed by atoms with E-state index in [1.165, 1.54) is 12.8 Å². The van der Waals surface area contributed by atoms with Crippen LogP contribution in [0, 0.1) is 0 Å². The molecule has 1 aliphatic rings. The molecule has 120 valence electrons. The zero-order valence-electron chi connectivity index (χ0n) is 12.3. The molecule has 8 nitrogen and oxygen atoms in total. The van der Waals surface area contributed by atoms with Gasteiger partial charge in [-0.2, -0.15) is 0 Å². The van der Waals surface area contributed by atoms with E-state index >= 15 is 0 Å². The van der Waals surface area contributed by atoms with Gasteiger partial charge < -0.3 is 26.4 Å². The summed E-state index contributed by atoms with van der Waals surface area (Å²) in [5, 5.41) is 14.1. The van der Waals surface area contributed by atoms with Gasteiger partial charge in [0.05, 0.1) is 0 Å². The zero-order valence-corrected chi connectivity index (χ0v) is 12.3. The average molecular weight is 300 g/mol. The molecule has 21 heavy (non-hydrogen) atoms. The van der Waals surface area contributed by atoms with Gasteiger partial charge in [-0.05, 0) is 39.3 Å². The summed E-state index contributed by atoms with van der Waals surface area (Å²) in [5.41, 5.74) is 4.98. The van der Waals surface area contributed by atoms with Crippen LogP contribution in [0.15, 0.2) is 0 Å². The van der Waals surface area contributed by atoms with Crippen LogP contribution in [-0.4, -0.2) is 59.6 Å². The van der Waals surface area contributed by atoms with Crippen LogP contribution in [0.25, 0.3) is 0 Å². The third-order valence-electron chi connectivity index (χ3n) is 3.39. The number of nitrogens with one attached hydrogen (secondary N) is 2. The average Bonchev–Trinajstić information content (AvgIpc) is 2.86. The van der Waals surface area contributed by atoms with E-state index < -0.39 is 23.9 Å². The molecule has 1 rings (SSSR count). The number of amides is 3. The normalized spacial score (nSPS) is 18.0. The summed E-state index contributed by atoms with van der Waals surface area (Å²) in [6.07, 6.45) is 2.25. The molecular weight excluding hydrogens is 276 g/mol. The molecule has 0 aliphatic carbocycles. The highest BCUT2D eigenvalue weighted by Crippen LogP contribution is 2.07. The third-order valence-corrected chi connectivity index (χ3v) is 3.39. The number of rotatable bonds is 8. The minimum Gasteiger partial charge on any atom is -0.480 e. The van der Waals surface area contributed by atoms with E-state index in [1.807, 2.05) is 6.92 Å². The van der Waals surface area contributed by atoms with Crippen LogP contribution in [0.1, 0.15) is 32.6 Å². The smallest absolute Gasteiger partial charge is 0.326 e. The number of aliphatic carboxylic acids is 1. The van der Waals surface area contributed by atoms with Crippen LogP contribution in [-0.2, 0) is 9.59 Å². The van der Waals surface area contributed by atoms with E-state index in [0.717, 1.165) is 19.6 Å². The Hall–Kier alpha value is -1.83. The van der Waals surface area contributed by atoms with E-state index in [1.54, 1.807) is 0 Å². The van der Waals surface area contributed by atoms with Crippen molar-refractivity contribution in [2.75, 3.05) is 19.6 Å². The van der Waals surface area contributed by atoms with Gasteiger partial charge in [0.2, 0.25) is 5.91 Å². The van der Waals surface area contributed by atoms with Crippen molar-refractivity contribution in [2.24, 2.45) is 5.73 Å². The number of likely N-dealkylation sites (tertiary alicyclic amines) is 1. The van der Waals surface area contributed by atoms with Crippen molar-refractivity contribution in [3.05, 3.63) is 0 Å². The van der Waals surface area contributed by atoms with Gasteiger partial charge in [-0.3, -0.25) is 4.79 Å². The largest absolute Gasteiger partial charge is 0.480 e. The molecule has 0 saturated carbocycles. The Bertz CT molecular complexity index is 382. The fraction of sp³-hybridized carbons (Fsp3) is 0.769. The van der Waals surface area contributed by atoms with Crippen LogP contribution in [0.2, 0.25) is 0 Å². The molecule has 2 atom stereocenters. The molecular formula is C13H24N4O4. The summed E-state index contributed by atoms with van der Waals surface area (Å²) in [4.78, 5) is 35.7. The van der Waals surface area contributed by atoms with Crippen LogP contribution in [0.3, 0.4) is 0 Å². The van der Waals surface area contributed by atoms with Gasteiger partial charge >= 0.3 is 12.0 Å². The summed E-state index contributed by atoms with van der Waals surface area (Å²) in [6, 6.07) is -1.73. The minimum absolute atomic E-state index is 0.0153. The van der Waals surface area contributed by atoms with Gasteiger partial charge in [0.1, 0.15) is 6.04 Å². The van der Waals surface area contributed by atoms with Crippen molar-refractivity contribution in [3.8, 4) is 0 Å². The van der Waals surface area contributed by atoms with Crippen molar-refractivity contribution in [1.82, 2.24) is 15.5 Å². The Kier molecular flexibility index (Phi) is 6.93. The maximum Gasteiger partial charge on any atom is 0.326 e. The molecule has 0 spiro atoms. The number of hydrogen-bond donors (Lipinski definition) is 4. The highest BCUT2D eigenvalue weighted by atomic mass is 16.4. The van der Waals surface area contributed by atoms with E-state index in [0.29, 0.717) is 0 Å². The predicted octanol–water partition coefficient (Wildman–Crippen LogP) is -0.511. The van der Waals surface area contributed by atoms with E-state index in [2.05, 4.69) is 15.5 Å². The first kappa shape index (κ1) is 17.2. The number of nitrogens with zero attached hydrogens (tertiary/aromatic N) is 1. The molecule has 1 unspecified atom stereocenters. The second-order valence-corrected chi connectivity index (χ2v) is 5.42. The molecule has 0 radical (unpaired) electrons. The van der Waals surface area contributed by atoms with Crippen molar-refractivity contribution in [1.29, 1.82) is 0 Å². The van der Waals surface area contributed by atoms with Crippen LogP contribution >= 0.6 is 0 Å². The first-order chi connectivity index (χ1) is 9.88. The Labute approximate surface area is 124 Å². The second kappa shape index (κ2) is 8.46. The van der Waals surface area contributed by atoms with Crippen LogP contribution in [0.4, 0.5) is 4.79 Å². The maximum atomic E-state index is 11.8. The number of nitrogens with two attached hydrogens (primary N) is 1. The van der Waals surface area contributed by atoms with Crippen molar-refractivity contribution in [3.63, 3.8) is 0 Å². The van der Waals surface area contributed by atoms with E-state index in [4.69, 9.17) is 10.8 Å². The fourth-order valence-corrected chi connectivity index (χ4v) is 2.37. The Morgan fingerprint density at radius 2 is 1.86 bits per heavy atom. The van der Waals surface area contributed by atoms with Crippen molar-refractivity contribution >= 4 is 17.9 Å². The van der Waals surface area contributed by atoms with E-state index in [9.17, 15) is 14.4 Å². The lowest BCUT2D eigenvalue weighted by Crippen LogP contribution is -2.50. The highest BCUT2D eigenvalue weighted by molar-refractivity contribution is 5.83. The van der Waals surface area contributed by atoms with Crippen molar-refractivity contribution < 1.29 is 19.5 Å². The molecule has 0 aromatic carbocycles. The van der Waals surface area contributed by atoms with Gasteiger partial charge in [0.15, 0.2) is 0 Å². The molecule has 0 bridgehead atoms. The topological polar surface area (TPSA) is 125 Å². The van der Waals surface area contributed by atoms with E-state index in [-0.39, 0.29) is 18.9 Å². The number of hydrogen-bond acceptors (Lipinski definition) is 4. The number of carboxylic acids is 1. The molecule has 0 aromatic heterocycles. The number of urea groups is 1. The summed E-state index contributed by atoms with van der Waals surface area (Å²) in [6.45, 7) is 4.68. The summed E-state index contributed by atoms with van der Waals surface area (Å²) >= 11 is 0. The van der Waals surface area contributed by atoms with Gasteiger partial charge in [-0.1, -0.05) is 0 Å². The Morgan fingerprint density at radius 1 is 1.24 bits per heavy atom. The molecule has 1 heterocycles. The van der Waals surface area contributed by atoms with Crippen molar-refractivity contribution in [2.45, 2.75) is 44.7 Å². The molecule has 8 heteroatoms. The van der Waals surface area contributed by atoms with Crippen LogP contribution < -0.4 is 16.4 Å². The number of primary amides is 1.